The second kappa shape index (κ2) is 6.30. The minimum Gasteiger partial charge on any atom is -0.469 e. The molecule has 0 aliphatic heterocycles. The van der Waals surface area contributed by atoms with E-state index < -0.39 is 0 Å². The van der Waals surface area contributed by atoms with Crippen LogP contribution < -0.4 is 0 Å². The van der Waals surface area contributed by atoms with E-state index in [1.165, 1.54) is 38.5 Å². The van der Waals surface area contributed by atoms with Crippen LogP contribution >= 0.6 is 11.8 Å². The van der Waals surface area contributed by atoms with Gasteiger partial charge in [-0.25, -0.2) is 0 Å². The summed E-state index contributed by atoms with van der Waals surface area (Å²) in [5, 5.41) is 0. The van der Waals surface area contributed by atoms with Crippen LogP contribution in [-0.2, 0) is 9.53 Å². The molecule has 0 aromatic carbocycles. The predicted octanol–water partition coefficient (Wildman–Crippen LogP) is 2.47. The monoisotopic (exact) mass is 202 g/mol. The van der Waals surface area contributed by atoms with Crippen molar-refractivity contribution >= 4 is 17.7 Å². The molecular weight excluding hydrogens is 184 g/mol. The van der Waals surface area contributed by atoms with Crippen molar-refractivity contribution in [3.8, 4) is 0 Å². The van der Waals surface area contributed by atoms with E-state index in [0.717, 1.165) is 11.7 Å². The summed E-state index contributed by atoms with van der Waals surface area (Å²) in [6.07, 6.45) is 6.16. The molecule has 1 aliphatic carbocycles. The summed E-state index contributed by atoms with van der Waals surface area (Å²) in [4.78, 5) is 10.8. The molecule has 0 bridgehead atoms. The zero-order valence-corrected chi connectivity index (χ0v) is 9.07. The Bertz CT molecular complexity index is 153. The van der Waals surface area contributed by atoms with Crippen molar-refractivity contribution in [2.45, 2.75) is 32.1 Å². The molecular formula is C10H18O2S. The number of rotatable bonds is 5. The van der Waals surface area contributed by atoms with Crippen LogP contribution in [0, 0.1) is 5.92 Å². The largest absolute Gasteiger partial charge is 0.469 e. The van der Waals surface area contributed by atoms with E-state index in [1.54, 1.807) is 0 Å². The number of ether oxygens (including phenoxy) is 1. The van der Waals surface area contributed by atoms with E-state index in [9.17, 15) is 4.79 Å². The van der Waals surface area contributed by atoms with Gasteiger partial charge in [0.05, 0.1) is 13.5 Å². The van der Waals surface area contributed by atoms with Crippen LogP contribution in [0.15, 0.2) is 0 Å². The number of esters is 1. The predicted molar refractivity (Wildman–Crippen MR) is 55.9 cm³/mol. The lowest BCUT2D eigenvalue weighted by Crippen LogP contribution is -2.03. The second-order valence-corrected chi connectivity index (χ2v) is 4.70. The highest BCUT2D eigenvalue weighted by Gasteiger charge is 2.14. The highest BCUT2D eigenvalue weighted by atomic mass is 32.2. The quantitative estimate of drug-likeness (QED) is 0.506. The molecule has 1 rings (SSSR count). The molecule has 0 aromatic heterocycles. The van der Waals surface area contributed by atoms with Gasteiger partial charge in [0.2, 0.25) is 0 Å². The van der Waals surface area contributed by atoms with Crippen LogP contribution in [0.4, 0.5) is 0 Å². The Balaban J connectivity index is 1.91. The SMILES string of the molecule is COC(=O)CCSCC1CCCC1. The van der Waals surface area contributed by atoms with Gasteiger partial charge in [0, 0.05) is 5.75 Å². The average molecular weight is 202 g/mol. The lowest BCUT2D eigenvalue weighted by Gasteiger charge is -2.07. The summed E-state index contributed by atoms with van der Waals surface area (Å²) in [5.74, 6) is 2.99. The maximum Gasteiger partial charge on any atom is 0.306 e. The number of thioether (sulfide) groups is 1. The lowest BCUT2D eigenvalue weighted by molar-refractivity contribution is -0.140. The summed E-state index contributed by atoms with van der Waals surface area (Å²) in [5.41, 5.74) is 0. The molecule has 1 saturated carbocycles. The molecule has 0 saturated heterocycles. The van der Waals surface area contributed by atoms with Crippen LogP contribution in [0.2, 0.25) is 0 Å². The van der Waals surface area contributed by atoms with E-state index in [4.69, 9.17) is 0 Å². The lowest BCUT2D eigenvalue weighted by atomic mass is 10.1. The van der Waals surface area contributed by atoms with Gasteiger partial charge in [0.25, 0.3) is 0 Å². The fourth-order valence-corrected chi connectivity index (χ4v) is 2.83. The van der Waals surface area contributed by atoms with E-state index in [-0.39, 0.29) is 5.97 Å². The minimum absolute atomic E-state index is 0.0843. The van der Waals surface area contributed by atoms with E-state index >= 15 is 0 Å². The third kappa shape index (κ3) is 4.55. The van der Waals surface area contributed by atoms with E-state index in [2.05, 4.69) is 4.74 Å². The van der Waals surface area contributed by atoms with Gasteiger partial charge in [-0.2, -0.15) is 11.8 Å². The molecule has 0 N–H and O–H groups in total. The standard InChI is InChI=1S/C10H18O2S/c1-12-10(11)6-7-13-8-9-4-2-3-5-9/h9H,2-8H2,1H3. The molecule has 1 aliphatic rings. The van der Waals surface area contributed by atoms with Crippen molar-refractivity contribution in [2.24, 2.45) is 5.92 Å². The number of carbonyl (C=O) groups excluding carboxylic acids is 1. The summed E-state index contributed by atoms with van der Waals surface area (Å²) >= 11 is 1.89. The molecule has 1 fully saturated rings. The van der Waals surface area contributed by atoms with Crippen LogP contribution in [0.5, 0.6) is 0 Å². The van der Waals surface area contributed by atoms with Crippen LogP contribution in [0.25, 0.3) is 0 Å². The molecule has 0 aromatic rings. The van der Waals surface area contributed by atoms with E-state index in [0.29, 0.717) is 6.42 Å². The smallest absolute Gasteiger partial charge is 0.306 e. The molecule has 0 heterocycles. The van der Waals surface area contributed by atoms with Gasteiger partial charge in [0.1, 0.15) is 0 Å². The molecule has 0 spiro atoms. The summed E-state index contributed by atoms with van der Waals surface area (Å²) < 4.78 is 4.57. The molecule has 3 heteroatoms. The van der Waals surface area contributed by atoms with Gasteiger partial charge in [-0.1, -0.05) is 12.8 Å². The Hall–Kier alpha value is -0.180. The Morgan fingerprint density at radius 1 is 1.46 bits per heavy atom. The molecule has 76 valence electrons. The Labute approximate surface area is 84.4 Å². The number of hydrogen-bond donors (Lipinski definition) is 0. The molecule has 13 heavy (non-hydrogen) atoms. The van der Waals surface area contributed by atoms with Crippen molar-refractivity contribution in [3.63, 3.8) is 0 Å². The third-order valence-corrected chi connectivity index (χ3v) is 3.71. The van der Waals surface area contributed by atoms with Crippen molar-refractivity contribution in [1.82, 2.24) is 0 Å². The maximum atomic E-state index is 10.8. The van der Waals surface area contributed by atoms with Gasteiger partial charge < -0.3 is 4.74 Å². The zero-order valence-electron chi connectivity index (χ0n) is 8.25. The van der Waals surface area contributed by atoms with Crippen LogP contribution in [0.1, 0.15) is 32.1 Å². The number of carbonyl (C=O) groups is 1. The van der Waals surface area contributed by atoms with Gasteiger partial charge in [0.15, 0.2) is 0 Å². The highest BCUT2D eigenvalue weighted by Crippen LogP contribution is 2.27. The van der Waals surface area contributed by atoms with Crippen molar-refractivity contribution in [3.05, 3.63) is 0 Å². The number of methoxy groups -OCH3 is 1. The second-order valence-electron chi connectivity index (χ2n) is 3.55. The fraction of sp³-hybridized carbons (Fsp3) is 0.900. The first-order valence-electron chi connectivity index (χ1n) is 4.97. The zero-order chi connectivity index (χ0) is 9.52. The summed E-state index contributed by atoms with van der Waals surface area (Å²) in [6.45, 7) is 0. The van der Waals surface area contributed by atoms with Crippen molar-refractivity contribution < 1.29 is 9.53 Å². The van der Waals surface area contributed by atoms with Crippen molar-refractivity contribution in [2.75, 3.05) is 18.6 Å². The first-order valence-corrected chi connectivity index (χ1v) is 6.13. The van der Waals surface area contributed by atoms with Gasteiger partial charge in [-0.3, -0.25) is 4.79 Å². The van der Waals surface area contributed by atoms with Gasteiger partial charge >= 0.3 is 5.97 Å². The normalized spacial score (nSPS) is 17.6. The van der Waals surface area contributed by atoms with Gasteiger partial charge in [-0.05, 0) is 24.5 Å². The summed E-state index contributed by atoms with van der Waals surface area (Å²) in [6, 6.07) is 0. The molecule has 0 unspecified atom stereocenters. The third-order valence-electron chi connectivity index (χ3n) is 2.51. The fourth-order valence-electron chi connectivity index (χ4n) is 1.68. The Morgan fingerprint density at radius 3 is 2.77 bits per heavy atom. The molecule has 0 amide bonds. The van der Waals surface area contributed by atoms with E-state index in [1.807, 2.05) is 11.8 Å². The van der Waals surface area contributed by atoms with Crippen LogP contribution in [-0.4, -0.2) is 24.6 Å². The molecule has 0 radical (unpaired) electrons. The van der Waals surface area contributed by atoms with Gasteiger partial charge in [-0.15, -0.1) is 0 Å². The van der Waals surface area contributed by atoms with Crippen molar-refractivity contribution in [1.29, 1.82) is 0 Å². The van der Waals surface area contributed by atoms with Crippen LogP contribution in [0.3, 0.4) is 0 Å². The highest BCUT2D eigenvalue weighted by molar-refractivity contribution is 7.99. The molecule has 2 nitrogen and oxygen atoms in total. The average Bonchev–Trinajstić information content (AvgIpc) is 2.64. The Kier molecular flexibility index (Phi) is 5.28. The molecule has 0 atom stereocenters. The number of hydrogen-bond acceptors (Lipinski definition) is 3. The minimum atomic E-state index is -0.0843. The first kappa shape index (κ1) is 10.9. The maximum absolute atomic E-state index is 10.8. The summed E-state index contributed by atoms with van der Waals surface area (Å²) in [7, 11) is 1.45. The topological polar surface area (TPSA) is 26.3 Å². The first-order chi connectivity index (χ1) is 6.33. The Morgan fingerprint density at radius 2 is 2.15 bits per heavy atom.